The fourth-order valence-corrected chi connectivity index (χ4v) is 2.18. The molecule has 1 heterocycles. The van der Waals surface area contributed by atoms with Gasteiger partial charge >= 0.3 is 5.97 Å². The third-order valence-corrected chi connectivity index (χ3v) is 3.39. The number of imidazole rings is 1. The van der Waals surface area contributed by atoms with Crippen LogP contribution in [0, 0.1) is 17.7 Å². The van der Waals surface area contributed by atoms with Gasteiger partial charge in [-0.3, -0.25) is 0 Å². The summed E-state index contributed by atoms with van der Waals surface area (Å²) < 4.78 is 19.5. The first-order chi connectivity index (χ1) is 11.7. The van der Waals surface area contributed by atoms with Gasteiger partial charge in [0, 0.05) is 23.5 Å². The molecular formula is C19H13FN2O2. The summed E-state index contributed by atoms with van der Waals surface area (Å²) in [5.41, 5.74) is 2.51. The molecule has 0 atom stereocenters. The minimum atomic E-state index is -0.433. The minimum absolute atomic E-state index is 0.313. The van der Waals surface area contributed by atoms with Gasteiger partial charge in [-0.25, -0.2) is 14.2 Å². The van der Waals surface area contributed by atoms with Crippen LogP contribution in [0.2, 0.25) is 0 Å². The molecule has 0 fully saturated rings. The van der Waals surface area contributed by atoms with Crippen molar-refractivity contribution in [1.82, 2.24) is 9.55 Å². The number of benzene rings is 2. The Hall–Kier alpha value is -3.39. The van der Waals surface area contributed by atoms with E-state index in [1.165, 1.54) is 19.2 Å². The van der Waals surface area contributed by atoms with Crippen molar-refractivity contribution in [2.24, 2.45) is 0 Å². The molecule has 4 nitrogen and oxygen atoms in total. The second-order valence-corrected chi connectivity index (χ2v) is 4.95. The number of ether oxygens (including phenoxy) is 1. The van der Waals surface area contributed by atoms with Gasteiger partial charge in [0.1, 0.15) is 5.82 Å². The summed E-state index contributed by atoms with van der Waals surface area (Å²) in [5, 5.41) is 0. The number of nitrogens with zero attached hydrogens (tertiary/aromatic N) is 2. The van der Waals surface area contributed by atoms with Gasteiger partial charge in [-0.2, -0.15) is 0 Å². The summed E-state index contributed by atoms with van der Waals surface area (Å²) in [6.45, 7) is 0. The van der Waals surface area contributed by atoms with E-state index < -0.39 is 5.97 Å². The number of aromatic nitrogens is 2. The van der Waals surface area contributed by atoms with E-state index in [9.17, 15) is 9.18 Å². The Labute approximate surface area is 138 Å². The quantitative estimate of drug-likeness (QED) is 0.538. The lowest BCUT2D eigenvalue weighted by Crippen LogP contribution is -2.03. The van der Waals surface area contributed by atoms with Crippen molar-refractivity contribution < 1.29 is 13.9 Å². The Balaban J connectivity index is 2.06. The number of hydrogen-bond acceptors (Lipinski definition) is 3. The van der Waals surface area contributed by atoms with E-state index in [1.807, 2.05) is 0 Å². The molecule has 0 aliphatic heterocycles. The van der Waals surface area contributed by atoms with Gasteiger partial charge in [0.2, 0.25) is 0 Å². The maximum Gasteiger partial charge on any atom is 0.337 e. The zero-order valence-corrected chi connectivity index (χ0v) is 12.9. The first kappa shape index (κ1) is 15.5. The van der Waals surface area contributed by atoms with Crippen molar-refractivity contribution in [2.75, 3.05) is 7.11 Å². The lowest BCUT2D eigenvalue weighted by molar-refractivity contribution is 0.0600. The molecule has 3 aromatic rings. The minimum Gasteiger partial charge on any atom is -0.465 e. The smallest absolute Gasteiger partial charge is 0.337 e. The number of carbonyl (C=O) groups excluding carboxylic acids is 1. The molecule has 3 rings (SSSR count). The predicted molar refractivity (Wildman–Crippen MR) is 87.3 cm³/mol. The van der Waals surface area contributed by atoms with E-state index in [2.05, 4.69) is 16.8 Å². The molecule has 1 aromatic heterocycles. The van der Waals surface area contributed by atoms with Gasteiger partial charge in [-0.05, 0) is 42.5 Å². The first-order valence-corrected chi connectivity index (χ1v) is 7.15. The van der Waals surface area contributed by atoms with Gasteiger partial charge in [0.15, 0.2) is 0 Å². The fourth-order valence-electron chi connectivity index (χ4n) is 2.18. The third-order valence-electron chi connectivity index (χ3n) is 3.39. The Morgan fingerprint density at radius 1 is 1.17 bits per heavy atom. The average molecular weight is 320 g/mol. The highest BCUT2D eigenvalue weighted by molar-refractivity contribution is 5.90. The second kappa shape index (κ2) is 6.80. The Bertz CT molecular complexity index is 920. The van der Waals surface area contributed by atoms with Gasteiger partial charge in [-0.1, -0.05) is 11.8 Å². The zero-order chi connectivity index (χ0) is 16.9. The molecule has 0 saturated heterocycles. The molecule has 0 radical (unpaired) electrons. The van der Waals surface area contributed by atoms with Crippen molar-refractivity contribution in [3.63, 3.8) is 0 Å². The van der Waals surface area contributed by atoms with Crippen LogP contribution < -0.4 is 0 Å². The Morgan fingerprint density at radius 2 is 1.96 bits per heavy atom. The van der Waals surface area contributed by atoms with Crippen molar-refractivity contribution in [3.05, 3.63) is 83.7 Å². The van der Waals surface area contributed by atoms with E-state index in [0.29, 0.717) is 16.7 Å². The van der Waals surface area contributed by atoms with Crippen LogP contribution in [0.3, 0.4) is 0 Å². The lowest BCUT2D eigenvalue weighted by atomic mass is 10.1. The van der Waals surface area contributed by atoms with Gasteiger partial charge < -0.3 is 9.30 Å². The molecule has 0 saturated carbocycles. The number of esters is 1. The van der Waals surface area contributed by atoms with Crippen LogP contribution in [0.5, 0.6) is 0 Å². The first-order valence-electron chi connectivity index (χ1n) is 7.15. The Kier molecular flexibility index (Phi) is 4.39. The number of methoxy groups -OCH3 is 1. The summed E-state index contributed by atoms with van der Waals surface area (Å²) in [6, 6.07) is 11.0. The Morgan fingerprint density at radius 3 is 2.62 bits per heavy atom. The maximum atomic E-state index is 13.0. The lowest BCUT2D eigenvalue weighted by Gasteiger charge is -2.07. The van der Waals surface area contributed by atoms with Crippen LogP contribution >= 0.6 is 0 Å². The standard InChI is InChI=1S/C19H13FN2O2/c1-24-19(23)16-6-9-18(22-11-10-21-13-22)15(12-16)5-2-14-3-7-17(20)8-4-14/h3-4,6-13H,1H3. The molecule has 0 aliphatic rings. The summed E-state index contributed by atoms with van der Waals surface area (Å²) in [4.78, 5) is 15.8. The predicted octanol–water partition coefficient (Wildman–Crippen LogP) is 3.20. The summed E-state index contributed by atoms with van der Waals surface area (Å²) in [5.74, 6) is 5.25. The normalized spacial score (nSPS) is 9.92. The molecule has 118 valence electrons. The largest absolute Gasteiger partial charge is 0.465 e. The van der Waals surface area contributed by atoms with Crippen molar-refractivity contribution in [1.29, 1.82) is 0 Å². The summed E-state index contributed by atoms with van der Waals surface area (Å²) >= 11 is 0. The van der Waals surface area contributed by atoms with Crippen LogP contribution in [-0.2, 0) is 4.74 Å². The summed E-state index contributed by atoms with van der Waals surface area (Å²) in [6.07, 6.45) is 5.10. The molecule has 2 aromatic carbocycles. The second-order valence-electron chi connectivity index (χ2n) is 4.95. The van der Waals surface area contributed by atoms with Crippen molar-refractivity contribution in [2.45, 2.75) is 0 Å². The maximum absolute atomic E-state index is 13.0. The van der Waals surface area contributed by atoms with Crippen molar-refractivity contribution >= 4 is 5.97 Å². The average Bonchev–Trinajstić information content (AvgIpc) is 3.14. The van der Waals surface area contributed by atoms with Gasteiger partial charge in [-0.15, -0.1) is 0 Å². The van der Waals surface area contributed by atoms with E-state index >= 15 is 0 Å². The number of hydrogen-bond donors (Lipinski definition) is 0. The number of halogens is 1. The van der Waals surface area contributed by atoms with Gasteiger partial charge in [0.25, 0.3) is 0 Å². The molecule has 24 heavy (non-hydrogen) atoms. The molecule has 0 amide bonds. The molecule has 0 spiro atoms. The monoisotopic (exact) mass is 320 g/mol. The fraction of sp³-hybridized carbons (Fsp3) is 0.0526. The molecular weight excluding hydrogens is 307 g/mol. The zero-order valence-electron chi connectivity index (χ0n) is 12.9. The van der Waals surface area contributed by atoms with Gasteiger partial charge in [0.05, 0.1) is 24.7 Å². The topological polar surface area (TPSA) is 44.1 Å². The van der Waals surface area contributed by atoms with Crippen LogP contribution in [0.4, 0.5) is 4.39 Å². The molecule has 5 heteroatoms. The number of carbonyl (C=O) groups is 1. The van der Waals surface area contributed by atoms with Crippen LogP contribution in [0.15, 0.2) is 61.2 Å². The van der Waals surface area contributed by atoms with E-state index in [4.69, 9.17) is 4.74 Å². The summed E-state index contributed by atoms with van der Waals surface area (Å²) in [7, 11) is 1.33. The highest BCUT2D eigenvalue weighted by Gasteiger charge is 2.10. The van der Waals surface area contributed by atoms with Crippen LogP contribution in [0.1, 0.15) is 21.5 Å². The van der Waals surface area contributed by atoms with Crippen LogP contribution in [-0.4, -0.2) is 22.6 Å². The van der Waals surface area contributed by atoms with E-state index in [1.54, 1.807) is 53.6 Å². The van der Waals surface area contributed by atoms with E-state index in [-0.39, 0.29) is 5.82 Å². The highest BCUT2D eigenvalue weighted by atomic mass is 19.1. The number of rotatable bonds is 2. The SMILES string of the molecule is COC(=O)c1ccc(-n2ccnc2)c(C#Cc2ccc(F)cc2)c1. The van der Waals surface area contributed by atoms with E-state index in [0.717, 1.165) is 5.69 Å². The third kappa shape index (κ3) is 3.33. The molecule has 0 N–H and O–H groups in total. The van der Waals surface area contributed by atoms with Crippen molar-refractivity contribution in [3.8, 4) is 17.5 Å². The molecule has 0 bridgehead atoms. The van der Waals surface area contributed by atoms with Crippen LogP contribution in [0.25, 0.3) is 5.69 Å². The molecule has 0 aliphatic carbocycles. The highest BCUT2D eigenvalue weighted by Crippen LogP contribution is 2.17. The molecule has 0 unspecified atom stereocenters.